The number of benzene rings is 1. The van der Waals surface area contributed by atoms with Crippen molar-refractivity contribution in [2.75, 3.05) is 20.1 Å². The van der Waals surface area contributed by atoms with E-state index in [0.717, 1.165) is 5.56 Å². The molecule has 3 rings (SSSR count). The number of nitrogens with zero attached hydrogens (tertiary/aromatic N) is 3. The zero-order valence-electron chi connectivity index (χ0n) is 24.0. The second-order valence-corrected chi connectivity index (χ2v) is 11.8. The van der Waals surface area contributed by atoms with Crippen LogP contribution in [0.25, 0.3) is 0 Å². The van der Waals surface area contributed by atoms with Gasteiger partial charge in [0, 0.05) is 19.6 Å². The molecule has 1 aromatic carbocycles. The van der Waals surface area contributed by atoms with Crippen molar-refractivity contribution < 1.29 is 29.0 Å². The highest BCUT2D eigenvalue weighted by Crippen LogP contribution is 2.34. The summed E-state index contributed by atoms with van der Waals surface area (Å²) in [5, 5.41) is 16.5. The molecule has 3 N–H and O–H groups in total. The number of amides is 5. The molecule has 11 nitrogen and oxygen atoms in total. The van der Waals surface area contributed by atoms with E-state index in [1.807, 2.05) is 65.0 Å². The van der Waals surface area contributed by atoms with E-state index in [-0.39, 0.29) is 37.2 Å². The van der Waals surface area contributed by atoms with Crippen LogP contribution in [0.1, 0.15) is 53.5 Å². The number of hydrogen-bond acceptors (Lipinski definition) is 6. The van der Waals surface area contributed by atoms with Crippen molar-refractivity contribution in [3.8, 4) is 0 Å². The van der Waals surface area contributed by atoms with Crippen LogP contribution in [0.4, 0.5) is 9.59 Å². The Bertz CT molecular complexity index is 1040. The van der Waals surface area contributed by atoms with Crippen LogP contribution < -0.4 is 10.6 Å². The Morgan fingerprint density at radius 1 is 1.08 bits per heavy atom. The molecule has 1 aromatic rings. The van der Waals surface area contributed by atoms with Gasteiger partial charge in [-0.2, -0.15) is 0 Å². The van der Waals surface area contributed by atoms with Crippen LogP contribution in [-0.2, 0) is 20.9 Å². The third-order valence-electron chi connectivity index (χ3n) is 7.41. The Morgan fingerprint density at radius 2 is 1.72 bits per heavy atom. The van der Waals surface area contributed by atoms with Crippen molar-refractivity contribution in [3.63, 3.8) is 0 Å². The Balaban J connectivity index is 1.67. The lowest BCUT2D eigenvalue weighted by molar-refractivity contribution is -0.142. The average molecular weight is 546 g/mol. The first-order valence-electron chi connectivity index (χ1n) is 13.5. The van der Waals surface area contributed by atoms with Gasteiger partial charge in [0.1, 0.15) is 18.7 Å². The number of carbonyl (C=O) groups excluding carboxylic acids is 4. The summed E-state index contributed by atoms with van der Waals surface area (Å²) in [5.41, 5.74) is 0.169. The van der Waals surface area contributed by atoms with Crippen molar-refractivity contribution in [2.24, 2.45) is 5.41 Å². The molecule has 216 valence electrons. The molecule has 2 fully saturated rings. The number of likely N-dealkylation sites (N-methyl/N-ethyl adjacent to an activating group) is 1. The quantitative estimate of drug-likeness (QED) is 0.480. The standard InChI is InChI=1S/C28H43N5O6/c1-17(2)29-26(37)33-15-21(34)22-20(33)13-14-32(22)25(36)23(28(4,5)6)30-24(35)18(3)31(7)27(38)39-16-19-11-9-8-10-12-19/h8-12,17-18,20-23,34H,13-16H2,1-7H3,(H,29,37)(H,30,35)/t18-,20+,21-,22-,23?/m0/s1. The molecule has 0 radical (unpaired) electrons. The van der Waals surface area contributed by atoms with E-state index in [1.54, 1.807) is 16.7 Å². The minimum Gasteiger partial charge on any atom is -0.445 e. The number of aliphatic hydroxyl groups is 1. The van der Waals surface area contributed by atoms with Crippen LogP contribution >= 0.6 is 0 Å². The number of urea groups is 1. The molecule has 2 heterocycles. The first-order valence-corrected chi connectivity index (χ1v) is 13.5. The number of fused-ring (bicyclic) bond motifs is 1. The Morgan fingerprint density at radius 3 is 2.31 bits per heavy atom. The maximum absolute atomic E-state index is 13.8. The van der Waals surface area contributed by atoms with Crippen molar-refractivity contribution in [1.82, 2.24) is 25.3 Å². The van der Waals surface area contributed by atoms with E-state index < -0.39 is 41.6 Å². The van der Waals surface area contributed by atoms with Gasteiger partial charge < -0.3 is 30.3 Å². The molecule has 0 saturated carbocycles. The lowest BCUT2D eigenvalue weighted by Crippen LogP contribution is -2.60. The molecule has 2 aliphatic rings. The smallest absolute Gasteiger partial charge is 0.410 e. The number of likely N-dealkylation sites (tertiary alicyclic amines) is 2. The van der Waals surface area contributed by atoms with Crippen LogP contribution in [0.5, 0.6) is 0 Å². The predicted octanol–water partition coefficient (Wildman–Crippen LogP) is 1.94. The Kier molecular flexibility index (Phi) is 9.47. The van der Waals surface area contributed by atoms with Crippen LogP contribution in [-0.4, -0.2) is 100 Å². The summed E-state index contributed by atoms with van der Waals surface area (Å²) in [6, 6.07) is 6.25. The normalized spacial score (nSPS) is 22.2. The predicted molar refractivity (Wildman–Crippen MR) is 146 cm³/mol. The summed E-state index contributed by atoms with van der Waals surface area (Å²) >= 11 is 0. The first-order chi connectivity index (χ1) is 18.2. The second-order valence-electron chi connectivity index (χ2n) is 11.8. The van der Waals surface area contributed by atoms with Crippen LogP contribution in [0.15, 0.2) is 30.3 Å². The van der Waals surface area contributed by atoms with Crippen LogP contribution in [0, 0.1) is 5.41 Å². The van der Waals surface area contributed by atoms with E-state index in [9.17, 15) is 24.3 Å². The van der Waals surface area contributed by atoms with Crippen LogP contribution in [0.3, 0.4) is 0 Å². The van der Waals surface area contributed by atoms with E-state index in [2.05, 4.69) is 10.6 Å². The fourth-order valence-electron chi connectivity index (χ4n) is 5.10. The zero-order chi connectivity index (χ0) is 29.1. The van der Waals surface area contributed by atoms with Gasteiger partial charge in [-0.1, -0.05) is 51.1 Å². The van der Waals surface area contributed by atoms with Crippen LogP contribution in [0.2, 0.25) is 0 Å². The summed E-state index contributed by atoms with van der Waals surface area (Å²) in [7, 11) is 1.47. The third kappa shape index (κ3) is 7.00. The average Bonchev–Trinajstić information content (AvgIpc) is 3.45. The highest BCUT2D eigenvalue weighted by atomic mass is 16.6. The van der Waals surface area contributed by atoms with Gasteiger partial charge in [-0.05, 0) is 38.2 Å². The van der Waals surface area contributed by atoms with Gasteiger partial charge in [-0.25, -0.2) is 9.59 Å². The Hall–Kier alpha value is -3.34. The lowest BCUT2D eigenvalue weighted by Gasteiger charge is -2.37. The molecular weight excluding hydrogens is 502 g/mol. The number of β-amino-alcohol motifs (C(OH)–C–C–N with tert-alkyl or cyclic N) is 1. The molecule has 1 unspecified atom stereocenters. The van der Waals surface area contributed by atoms with Gasteiger partial charge in [0.05, 0.1) is 24.7 Å². The largest absolute Gasteiger partial charge is 0.445 e. The molecular formula is C28H43N5O6. The molecule has 11 heteroatoms. The number of aliphatic hydroxyl groups excluding tert-OH is 1. The first kappa shape index (κ1) is 30.2. The molecule has 5 atom stereocenters. The summed E-state index contributed by atoms with van der Waals surface area (Å²) < 4.78 is 5.34. The summed E-state index contributed by atoms with van der Waals surface area (Å²) in [5.74, 6) is -0.821. The Labute approximate surface area is 230 Å². The second kappa shape index (κ2) is 12.2. The van der Waals surface area contributed by atoms with E-state index >= 15 is 0 Å². The van der Waals surface area contributed by atoms with Gasteiger partial charge in [-0.15, -0.1) is 0 Å². The molecule has 2 saturated heterocycles. The monoisotopic (exact) mass is 545 g/mol. The maximum atomic E-state index is 13.8. The van der Waals surface area contributed by atoms with Crippen molar-refractivity contribution >= 4 is 23.9 Å². The third-order valence-corrected chi connectivity index (χ3v) is 7.41. The topological polar surface area (TPSA) is 132 Å². The highest BCUT2D eigenvalue weighted by molar-refractivity contribution is 5.92. The maximum Gasteiger partial charge on any atom is 0.410 e. The zero-order valence-corrected chi connectivity index (χ0v) is 24.0. The number of hydrogen-bond donors (Lipinski definition) is 3. The number of nitrogens with one attached hydrogen (secondary N) is 2. The number of carbonyl (C=O) groups is 4. The fourth-order valence-corrected chi connectivity index (χ4v) is 5.10. The minimum absolute atomic E-state index is 0.0518. The molecule has 0 spiro atoms. The highest BCUT2D eigenvalue weighted by Gasteiger charge is 2.53. The summed E-state index contributed by atoms with van der Waals surface area (Å²) in [4.78, 5) is 56.7. The molecule has 5 amide bonds. The molecule has 2 aliphatic heterocycles. The molecule has 0 bridgehead atoms. The van der Waals surface area contributed by atoms with E-state index in [4.69, 9.17) is 4.74 Å². The SMILES string of the molecule is CC(C)NC(=O)N1C[C@H](O)[C@@H]2[C@H]1CCN2C(=O)C(NC(=O)[C@H](C)N(C)C(=O)OCc1ccccc1)C(C)(C)C. The molecule has 0 aliphatic carbocycles. The van der Waals surface area contributed by atoms with Gasteiger partial charge >= 0.3 is 12.1 Å². The van der Waals surface area contributed by atoms with Crippen molar-refractivity contribution in [1.29, 1.82) is 0 Å². The molecule has 39 heavy (non-hydrogen) atoms. The number of rotatable bonds is 7. The van der Waals surface area contributed by atoms with Crippen molar-refractivity contribution in [2.45, 2.75) is 90.9 Å². The fraction of sp³-hybridized carbons (Fsp3) is 0.643. The minimum atomic E-state index is -0.911. The van der Waals surface area contributed by atoms with Gasteiger partial charge in [0.2, 0.25) is 11.8 Å². The molecule has 0 aromatic heterocycles. The van der Waals surface area contributed by atoms with E-state index in [1.165, 1.54) is 11.9 Å². The van der Waals surface area contributed by atoms with Crippen molar-refractivity contribution in [3.05, 3.63) is 35.9 Å². The number of ether oxygens (including phenoxy) is 1. The summed E-state index contributed by atoms with van der Waals surface area (Å²) in [6.45, 7) is 11.4. The van der Waals surface area contributed by atoms with Gasteiger partial charge in [-0.3, -0.25) is 14.5 Å². The summed E-state index contributed by atoms with van der Waals surface area (Å²) in [6.07, 6.45) is -1.01. The lowest BCUT2D eigenvalue weighted by atomic mass is 9.85. The van der Waals surface area contributed by atoms with Gasteiger partial charge in [0.25, 0.3) is 0 Å². The van der Waals surface area contributed by atoms with Gasteiger partial charge in [0.15, 0.2) is 0 Å². The van der Waals surface area contributed by atoms with E-state index in [0.29, 0.717) is 13.0 Å².